The van der Waals surface area contributed by atoms with E-state index in [0.717, 1.165) is 25.7 Å². The Morgan fingerprint density at radius 3 is 3.07 bits per heavy atom. The number of nitrogens with zero attached hydrogens (tertiary/aromatic N) is 1. The highest BCUT2D eigenvalue weighted by atomic mass is 16.3. The van der Waals surface area contributed by atoms with Gasteiger partial charge in [0.2, 0.25) is 0 Å². The normalized spacial score (nSPS) is 16.1. The van der Waals surface area contributed by atoms with Crippen LogP contribution in [0, 0.1) is 0 Å². The van der Waals surface area contributed by atoms with E-state index < -0.39 is 0 Å². The largest absolute Gasteiger partial charge is 0.472 e. The zero-order valence-corrected chi connectivity index (χ0v) is 9.41. The highest BCUT2D eigenvalue weighted by Crippen LogP contribution is 2.18. The summed E-state index contributed by atoms with van der Waals surface area (Å²) in [5.41, 5.74) is 1.26. The van der Waals surface area contributed by atoms with Gasteiger partial charge in [-0.25, -0.2) is 0 Å². The minimum Gasteiger partial charge on any atom is -0.472 e. The maximum absolute atomic E-state index is 5.04. The Kier molecular flexibility index (Phi) is 3.80. The molecule has 1 aliphatic carbocycles. The number of hydrogen-bond donors (Lipinski definition) is 1. The van der Waals surface area contributed by atoms with Crippen LogP contribution in [0.25, 0.3) is 0 Å². The third-order valence-electron chi connectivity index (χ3n) is 2.76. The topological polar surface area (TPSA) is 28.4 Å². The maximum Gasteiger partial charge on any atom is 0.0947 e. The van der Waals surface area contributed by atoms with Gasteiger partial charge in [-0.15, -0.1) is 0 Å². The molecule has 84 valence electrons. The van der Waals surface area contributed by atoms with Gasteiger partial charge in [0.05, 0.1) is 12.5 Å². The van der Waals surface area contributed by atoms with Crippen molar-refractivity contribution in [3.8, 4) is 0 Å². The van der Waals surface area contributed by atoms with Gasteiger partial charge in [-0.1, -0.05) is 0 Å². The van der Waals surface area contributed by atoms with Crippen molar-refractivity contribution in [2.24, 2.45) is 0 Å². The van der Waals surface area contributed by atoms with E-state index in [1.165, 1.54) is 24.8 Å². The summed E-state index contributed by atoms with van der Waals surface area (Å²) in [6.45, 7) is 3.28. The molecule has 15 heavy (non-hydrogen) atoms. The van der Waals surface area contributed by atoms with Gasteiger partial charge < -0.3 is 14.6 Å². The third-order valence-corrected chi connectivity index (χ3v) is 2.76. The van der Waals surface area contributed by atoms with Crippen LogP contribution in [0.1, 0.15) is 24.8 Å². The van der Waals surface area contributed by atoms with Crippen molar-refractivity contribution in [3.05, 3.63) is 24.2 Å². The molecule has 0 aromatic carbocycles. The number of furan rings is 1. The Morgan fingerprint density at radius 2 is 2.40 bits per heavy atom. The lowest BCUT2D eigenvalue weighted by molar-refractivity contribution is 0.318. The first-order chi connectivity index (χ1) is 7.34. The van der Waals surface area contributed by atoms with E-state index in [9.17, 15) is 0 Å². The van der Waals surface area contributed by atoms with Gasteiger partial charge in [0.25, 0.3) is 0 Å². The van der Waals surface area contributed by atoms with Gasteiger partial charge in [0, 0.05) is 18.2 Å². The monoisotopic (exact) mass is 208 g/mol. The Labute approximate surface area is 91.4 Å². The third kappa shape index (κ3) is 4.06. The predicted octanol–water partition coefficient (Wildman–Crippen LogP) is 1.85. The molecule has 1 heterocycles. The molecule has 2 rings (SSSR count). The Morgan fingerprint density at radius 1 is 1.53 bits per heavy atom. The summed E-state index contributed by atoms with van der Waals surface area (Å²) in [6.07, 6.45) is 7.54. The van der Waals surface area contributed by atoms with Crippen LogP contribution >= 0.6 is 0 Å². The smallest absolute Gasteiger partial charge is 0.0947 e. The second-order valence-electron chi connectivity index (χ2n) is 4.45. The molecule has 3 heteroatoms. The fourth-order valence-electron chi connectivity index (χ4n) is 1.72. The first kappa shape index (κ1) is 10.7. The van der Waals surface area contributed by atoms with Crippen molar-refractivity contribution in [2.45, 2.75) is 31.8 Å². The van der Waals surface area contributed by atoms with Gasteiger partial charge in [-0.2, -0.15) is 0 Å². The molecule has 1 N–H and O–H groups in total. The van der Waals surface area contributed by atoms with Crippen LogP contribution in [-0.4, -0.2) is 31.1 Å². The molecule has 0 unspecified atom stereocenters. The first-order valence-electron chi connectivity index (χ1n) is 5.77. The van der Waals surface area contributed by atoms with Crippen molar-refractivity contribution in [1.82, 2.24) is 10.2 Å². The average molecular weight is 208 g/mol. The van der Waals surface area contributed by atoms with Crippen LogP contribution in [0.15, 0.2) is 23.0 Å². The SMILES string of the molecule is CN(CCCNC1CC1)Cc1ccoc1. The summed E-state index contributed by atoms with van der Waals surface area (Å²) in [4.78, 5) is 2.33. The van der Waals surface area contributed by atoms with Crippen LogP contribution in [0.5, 0.6) is 0 Å². The van der Waals surface area contributed by atoms with Gasteiger partial charge in [0.1, 0.15) is 0 Å². The standard InChI is InChI=1S/C12H20N2O/c1-14(9-11-5-8-15-10-11)7-2-6-13-12-3-4-12/h5,8,10,12-13H,2-4,6-7,9H2,1H3. The van der Waals surface area contributed by atoms with E-state index in [1.807, 2.05) is 12.3 Å². The lowest BCUT2D eigenvalue weighted by Crippen LogP contribution is -2.24. The molecule has 1 aromatic heterocycles. The molecule has 0 amide bonds. The molecule has 0 spiro atoms. The lowest BCUT2D eigenvalue weighted by Gasteiger charge is -2.15. The van der Waals surface area contributed by atoms with Gasteiger partial charge in [0.15, 0.2) is 0 Å². The molecule has 3 nitrogen and oxygen atoms in total. The molecule has 1 saturated carbocycles. The number of nitrogens with one attached hydrogen (secondary N) is 1. The molecule has 0 bridgehead atoms. The summed E-state index contributed by atoms with van der Waals surface area (Å²) in [5, 5.41) is 3.53. The summed E-state index contributed by atoms with van der Waals surface area (Å²) in [7, 11) is 2.16. The summed E-state index contributed by atoms with van der Waals surface area (Å²) in [6, 6.07) is 2.86. The number of hydrogen-bond acceptors (Lipinski definition) is 3. The molecule has 1 aromatic rings. The van der Waals surface area contributed by atoms with E-state index in [2.05, 4.69) is 17.3 Å². The van der Waals surface area contributed by atoms with Crippen molar-refractivity contribution < 1.29 is 4.42 Å². The van der Waals surface area contributed by atoms with Crippen LogP contribution in [-0.2, 0) is 6.54 Å². The fraction of sp³-hybridized carbons (Fsp3) is 0.667. The Bertz CT molecular complexity index is 267. The second-order valence-corrected chi connectivity index (χ2v) is 4.45. The van der Waals surface area contributed by atoms with E-state index >= 15 is 0 Å². The zero-order valence-electron chi connectivity index (χ0n) is 9.41. The summed E-state index contributed by atoms with van der Waals surface area (Å²) >= 11 is 0. The van der Waals surface area contributed by atoms with E-state index in [4.69, 9.17) is 4.42 Å². The van der Waals surface area contributed by atoms with Gasteiger partial charge in [-0.05, 0) is 45.5 Å². The molecular weight excluding hydrogens is 188 g/mol. The highest BCUT2D eigenvalue weighted by molar-refractivity contribution is 5.04. The first-order valence-corrected chi connectivity index (χ1v) is 5.77. The van der Waals surface area contributed by atoms with E-state index in [0.29, 0.717) is 0 Å². The van der Waals surface area contributed by atoms with Gasteiger partial charge >= 0.3 is 0 Å². The van der Waals surface area contributed by atoms with Crippen molar-refractivity contribution in [1.29, 1.82) is 0 Å². The molecule has 1 aliphatic rings. The Hall–Kier alpha value is -0.800. The minimum absolute atomic E-state index is 0.837. The van der Waals surface area contributed by atoms with Crippen LogP contribution in [0.4, 0.5) is 0 Å². The zero-order chi connectivity index (χ0) is 10.5. The number of rotatable bonds is 7. The van der Waals surface area contributed by atoms with Crippen molar-refractivity contribution in [2.75, 3.05) is 20.1 Å². The van der Waals surface area contributed by atoms with Crippen LogP contribution in [0.2, 0.25) is 0 Å². The van der Waals surface area contributed by atoms with E-state index in [-0.39, 0.29) is 0 Å². The molecule has 0 atom stereocenters. The van der Waals surface area contributed by atoms with E-state index in [1.54, 1.807) is 6.26 Å². The predicted molar refractivity (Wildman–Crippen MR) is 60.7 cm³/mol. The van der Waals surface area contributed by atoms with Crippen molar-refractivity contribution in [3.63, 3.8) is 0 Å². The maximum atomic E-state index is 5.04. The lowest BCUT2D eigenvalue weighted by atomic mass is 10.3. The average Bonchev–Trinajstić information content (AvgIpc) is 2.91. The van der Waals surface area contributed by atoms with Crippen LogP contribution < -0.4 is 5.32 Å². The second kappa shape index (κ2) is 5.33. The van der Waals surface area contributed by atoms with Crippen molar-refractivity contribution >= 4 is 0 Å². The molecule has 1 fully saturated rings. The molecule has 0 saturated heterocycles. The Balaban J connectivity index is 1.53. The van der Waals surface area contributed by atoms with Gasteiger partial charge in [-0.3, -0.25) is 0 Å². The summed E-state index contributed by atoms with van der Waals surface area (Å²) in [5.74, 6) is 0. The quantitative estimate of drug-likeness (QED) is 0.693. The summed E-state index contributed by atoms with van der Waals surface area (Å²) < 4.78 is 5.04. The fourth-order valence-corrected chi connectivity index (χ4v) is 1.72. The molecule has 0 aliphatic heterocycles. The molecular formula is C12H20N2O. The minimum atomic E-state index is 0.837. The molecule has 0 radical (unpaired) electrons. The highest BCUT2D eigenvalue weighted by Gasteiger charge is 2.19. The van der Waals surface area contributed by atoms with Crippen LogP contribution in [0.3, 0.4) is 0 Å².